The minimum absolute atomic E-state index is 0.544. The van der Waals surface area contributed by atoms with Crippen molar-refractivity contribution < 1.29 is 4.74 Å². The van der Waals surface area contributed by atoms with E-state index in [0.717, 1.165) is 32.7 Å². The molecule has 1 aliphatic heterocycles. The van der Waals surface area contributed by atoms with Gasteiger partial charge in [0.25, 0.3) is 0 Å². The Morgan fingerprint density at radius 1 is 1.21 bits per heavy atom. The summed E-state index contributed by atoms with van der Waals surface area (Å²) in [6.07, 6.45) is 1.10. The fourth-order valence-corrected chi connectivity index (χ4v) is 1.86. The van der Waals surface area contributed by atoms with Crippen LogP contribution in [0.2, 0.25) is 0 Å². The van der Waals surface area contributed by atoms with Crippen molar-refractivity contribution in [1.82, 2.24) is 15.0 Å². The van der Waals surface area contributed by atoms with E-state index in [9.17, 15) is 0 Å². The van der Waals surface area contributed by atoms with Gasteiger partial charge in [-0.2, -0.15) is 15.0 Å². The van der Waals surface area contributed by atoms with Gasteiger partial charge in [-0.1, -0.05) is 0 Å². The maximum atomic E-state index is 5.36. The van der Waals surface area contributed by atoms with E-state index in [2.05, 4.69) is 25.6 Å². The summed E-state index contributed by atoms with van der Waals surface area (Å²) in [6.45, 7) is 5.31. The Hall–Kier alpha value is -1.63. The van der Waals surface area contributed by atoms with Crippen LogP contribution in [0, 0.1) is 5.92 Å². The predicted molar refractivity (Wildman–Crippen MR) is 75.7 cm³/mol. The van der Waals surface area contributed by atoms with E-state index in [4.69, 9.17) is 4.74 Å². The Bertz CT molecular complexity index is 405. The quantitative estimate of drug-likeness (QED) is 0.789. The van der Waals surface area contributed by atoms with Crippen LogP contribution in [-0.4, -0.2) is 55.4 Å². The number of rotatable bonds is 6. The van der Waals surface area contributed by atoms with Gasteiger partial charge in [0.2, 0.25) is 17.8 Å². The highest BCUT2D eigenvalue weighted by Gasteiger charge is 2.16. The SMILES string of the molecule is CCNc1nc(NCC2CCOC2)nc(N(C)C)n1. The fourth-order valence-electron chi connectivity index (χ4n) is 1.86. The summed E-state index contributed by atoms with van der Waals surface area (Å²) in [7, 11) is 3.83. The first-order valence-corrected chi connectivity index (χ1v) is 6.68. The summed E-state index contributed by atoms with van der Waals surface area (Å²) < 4.78 is 5.36. The molecule has 1 unspecified atom stereocenters. The molecule has 0 aliphatic carbocycles. The van der Waals surface area contributed by atoms with Crippen molar-refractivity contribution in [2.75, 3.05) is 55.9 Å². The van der Waals surface area contributed by atoms with Gasteiger partial charge in [0.15, 0.2) is 0 Å². The fraction of sp³-hybridized carbons (Fsp3) is 0.750. The van der Waals surface area contributed by atoms with Crippen molar-refractivity contribution in [3.63, 3.8) is 0 Å². The maximum absolute atomic E-state index is 5.36. The summed E-state index contributed by atoms with van der Waals surface area (Å²) in [5.41, 5.74) is 0. The van der Waals surface area contributed by atoms with E-state index in [1.807, 2.05) is 25.9 Å². The minimum Gasteiger partial charge on any atom is -0.381 e. The minimum atomic E-state index is 0.544. The lowest BCUT2D eigenvalue weighted by Gasteiger charge is -2.14. The molecule has 1 aromatic heterocycles. The number of anilines is 3. The third kappa shape index (κ3) is 3.92. The van der Waals surface area contributed by atoms with Crippen molar-refractivity contribution in [3.8, 4) is 0 Å². The largest absolute Gasteiger partial charge is 0.381 e. The molecule has 1 saturated heterocycles. The number of hydrogen-bond acceptors (Lipinski definition) is 7. The zero-order chi connectivity index (χ0) is 13.7. The molecule has 2 N–H and O–H groups in total. The molecule has 0 amide bonds. The molecule has 0 saturated carbocycles. The molecule has 0 spiro atoms. The van der Waals surface area contributed by atoms with E-state index >= 15 is 0 Å². The monoisotopic (exact) mass is 266 g/mol. The van der Waals surface area contributed by atoms with E-state index in [1.165, 1.54) is 0 Å². The number of nitrogens with zero attached hydrogens (tertiary/aromatic N) is 4. The molecule has 1 aliphatic rings. The summed E-state index contributed by atoms with van der Waals surface area (Å²) >= 11 is 0. The zero-order valence-electron chi connectivity index (χ0n) is 11.8. The lowest BCUT2D eigenvalue weighted by atomic mass is 10.1. The highest BCUT2D eigenvalue weighted by molar-refractivity contribution is 5.42. The van der Waals surface area contributed by atoms with Crippen LogP contribution in [-0.2, 0) is 4.74 Å². The first-order chi connectivity index (χ1) is 9.19. The Kier molecular flexibility index (Phi) is 4.73. The van der Waals surface area contributed by atoms with Crippen LogP contribution in [0.3, 0.4) is 0 Å². The molecule has 7 heteroatoms. The second kappa shape index (κ2) is 6.51. The molecule has 106 valence electrons. The van der Waals surface area contributed by atoms with Gasteiger partial charge >= 0.3 is 0 Å². The van der Waals surface area contributed by atoms with Crippen molar-refractivity contribution >= 4 is 17.8 Å². The summed E-state index contributed by atoms with van der Waals surface area (Å²) in [5.74, 6) is 2.41. The standard InChI is InChI=1S/C12H22N6O/c1-4-13-10-15-11(17-12(16-10)18(2)3)14-7-9-5-6-19-8-9/h9H,4-8H2,1-3H3,(H2,13,14,15,16,17). The lowest BCUT2D eigenvalue weighted by molar-refractivity contribution is 0.187. The van der Waals surface area contributed by atoms with Crippen LogP contribution in [0.1, 0.15) is 13.3 Å². The molecule has 1 aromatic rings. The second-order valence-electron chi connectivity index (χ2n) is 4.82. The maximum Gasteiger partial charge on any atom is 0.231 e. The second-order valence-corrected chi connectivity index (χ2v) is 4.82. The summed E-state index contributed by atoms with van der Waals surface area (Å²) in [5, 5.41) is 6.39. The highest BCUT2D eigenvalue weighted by atomic mass is 16.5. The Morgan fingerprint density at radius 3 is 2.53 bits per heavy atom. The predicted octanol–water partition coefficient (Wildman–Crippen LogP) is 0.818. The van der Waals surface area contributed by atoms with E-state index < -0.39 is 0 Å². The Morgan fingerprint density at radius 2 is 1.95 bits per heavy atom. The molecule has 2 heterocycles. The van der Waals surface area contributed by atoms with Crippen LogP contribution in [0.25, 0.3) is 0 Å². The lowest BCUT2D eigenvalue weighted by Crippen LogP contribution is -2.20. The molecule has 1 fully saturated rings. The van der Waals surface area contributed by atoms with Gasteiger partial charge in [-0.3, -0.25) is 0 Å². The molecule has 0 aromatic carbocycles. The third-order valence-corrected chi connectivity index (χ3v) is 2.93. The van der Waals surface area contributed by atoms with Gasteiger partial charge in [0.05, 0.1) is 6.61 Å². The molecular formula is C12H22N6O. The van der Waals surface area contributed by atoms with Gasteiger partial charge in [0.1, 0.15) is 0 Å². The normalized spacial score (nSPS) is 18.4. The van der Waals surface area contributed by atoms with Crippen LogP contribution >= 0.6 is 0 Å². The smallest absolute Gasteiger partial charge is 0.231 e. The first kappa shape index (κ1) is 13.8. The van der Waals surface area contributed by atoms with E-state index in [0.29, 0.717) is 23.8 Å². The van der Waals surface area contributed by atoms with Gasteiger partial charge in [-0.15, -0.1) is 0 Å². The van der Waals surface area contributed by atoms with Gasteiger partial charge in [-0.05, 0) is 13.3 Å². The third-order valence-electron chi connectivity index (χ3n) is 2.93. The number of ether oxygens (including phenoxy) is 1. The van der Waals surface area contributed by atoms with Gasteiger partial charge in [0, 0.05) is 39.7 Å². The van der Waals surface area contributed by atoms with Crippen LogP contribution in [0.4, 0.5) is 17.8 Å². The summed E-state index contributed by atoms with van der Waals surface area (Å²) in [6, 6.07) is 0. The highest BCUT2D eigenvalue weighted by Crippen LogP contribution is 2.15. The Labute approximate surface area is 113 Å². The molecule has 19 heavy (non-hydrogen) atoms. The van der Waals surface area contributed by atoms with Crippen LogP contribution < -0.4 is 15.5 Å². The topological polar surface area (TPSA) is 75.2 Å². The van der Waals surface area contributed by atoms with Crippen molar-refractivity contribution in [2.45, 2.75) is 13.3 Å². The molecule has 2 rings (SSSR count). The average Bonchev–Trinajstić information content (AvgIpc) is 2.89. The number of hydrogen-bond donors (Lipinski definition) is 2. The Balaban J connectivity index is 2.04. The molecular weight excluding hydrogens is 244 g/mol. The zero-order valence-corrected chi connectivity index (χ0v) is 11.8. The number of aromatic nitrogens is 3. The van der Waals surface area contributed by atoms with Crippen LogP contribution in [0.15, 0.2) is 0 Å². The molecule has 0 bridgehead atoms. The molecule has 7 nitrogen and oxygen atoms in total. The van der Waals surface area contributed by atoms with Crippen LogP contribution in [0.5, 0.6) is 0 Å². The van der Waals surface area contributed by atoms with E-state index in [1.54, 1.807) is 0 Å². The molecule has 1 atom stereocenters. The molecule has 0 radical (unpaired) electrons. The average molecular weight is 266 g/mol. The first-order valence-electron chi connectivity index (χ1n) is 6.68. The van der Waals surface area contributed by atoms with Crippen molar-refractivity contribution in [1.29, 1.82) is 0 Å². The number of nitrogens with one attached hydrogen (secondary N) is 2. The van der Waals surface area contributed by atoms with Gasteiger partial charge in [-0.25, -0.2) is 0 Å². The van der Waals surface area contributed by atoms with Gasteiger partial charge < -0.3 is 20.3 Å². The van der Waals surface area contributed by atoms with Crippen molar-refractivity contribution in [3.05, 3.63) is 0 Å². The van der Waals surface area contributed by atoms with Crippen molar-refractivity contribution in [2.24, 2.45) is 5.92 Å². The summed E-state index contributed by atoms with van der Waals surface area (Å²) in [4.78, 5) is 14.9. The van der Waals surface area contributed by atoms with E-state index in [-0.39, 0.29) is 0 Å².